The Morgan fingerprint density at radius 2 is 1.93 bits per heavy atom. The lowest BCUT2D eigenvalue weighted by atomic mass is 9.98. The second-order valence-electron chi connectivity index (χ2n) is 8.53. The van der Waals surface area contributed by atoms with E-state index in [2.05, 4.69) is 32.7 Å². The Kier molecular flexibility index (Phi) is 6.77. The van der Waals surface area contributed by atoms with Crippen LogP contribution in [0.15, 0.2) is 36.5 Å². The lowest BCUT2D eigenvalue weighted by Gasteiger charge is -2.36. The van der Waals surface area contributed by atoms with Gasteiger partial charge in [0.15, 0.2) is 5.69 Å². The Bertz CT molecular complexity index is 846. The molecule has 1 atom stereocenters. The van der Waals surface area contributed by atoms with Gasteiger partial charge in [-0.1, -0.05) is 35.5 Å². The quantitative estimate of drug-likeness (QED) is 0.691. The molecule has 2 amide bonds. The topological polar surface area (TPSA) is 80.1 Å². The molecule has 30 heavy (non-hydrogen) atoms. The normalized spacial score (nSPS) is 18.9. The number of benzene rings is 1. The zero-order chi connectivity index (χ0) is 20.8. The van der Waals surface area contributed by atoms with Gasteiger partial charge in [0, 0.05) is 32.1 Å². The number of carbonyl (C=O) groups excluding carboxylic acids is 2. The minimum Gasteiger partial charge on any atom is -0.350 e. The minimum atomic E-state index is -0.150. The summed E-state index contributed by atoms with van der Waals surface area (Å²) in [6, 6.07) is 10.4. The fraction of sp³-hybridized carbons (Fsp3) is 0.565. The van der Waals surface area contributed by atoms with Crippen LogP contribution in [0, 0.1) is 5.92 Å². The lowest BCUT2D eigenvalue weighted by Crippen LogP contribution is -2.44. The van der Waals surface area contributed by atoms with Gasteiger partial charge in [-0.25, -0.2) is 0 Å². The summed E-state index contributed by atoms with van der Waals surface area (Å²) in [5, 5.41) is 11.0. The Labute approximate surface area is 177 Å². The van der Waals surface area contributed by atoms with Crippen LogP contribution in [0.3, 0.4) is 0 Å². The molecule has 1 aliphatic heterocycles. The van der Waals surface area contributed by atoms with E-state index in [1.807, 2.05) is 18.2 Å². The second-order valence-corrected chi connectivity index (χ2v) is 8.53. The number of hydrogen-bond acceptors (Lipinski definition) is 4. The second kappa shape index (κ2) is 9.87. The van der Waals surface area contributed by atoms with Gasteiger partial charge in [-0.15, -0.1) is 5.10 Å². The van der Waals surface area contributed by atoms with E-state index in [0.717, 1.165) is 45.2 Å². The number of nitrogens with zero attached hydrogens (tertiary/aromatic N) is 4. The van der Waals surface area contributed by atoms with Gasteiger partial charge < -0.3 is 10.2 Å². The van der Waals surface area contributed by atoms with Crippen molar-refractivity contribution in [3.63, 3.8) is 0 Å². The maximum Gasteiger partial charge on any atom is 0.273 e. The highest BCUT2D eigenvalue weighted by molar-refractivity contribution is 5.91. The summed E-state index contributed by atoms with van der Waals surface area (Å²) in [4.78, 5) is 27.1. The van der Waals surface area contributed by atoms with Crippen LogP contribution in [-0.4, -0.2) is 50.8 Å². The van der Waals surface area contributed by atoms with Crippen LogP contribution in [0.1, 0.15) is 61.0 Å². The molecule has 7 heteroatoms. The average molecular weight is 410 g/mol. The molecule has 1 aromatic heterocycles. The van der Waals surface area contributed by atoms with Crippen LogP contribution in [0.5, 0.6) is 0 Å². The maximum absolute atomic E-state index is 12.9. The summed E-state index contributed by atoms with van der Waals surface area (Å²) in [6.07, 6.45) is 9.54. The first kappa shape index (κ1) is 20.6. The van der Waals surface area contributed by atoms with E-state index < -0.39 is 0 Å². The molecule has 1 N–H and O–H groups in total. The van der Waals surface area contributed by atoms with Crippen molar-refractivity contribution in [3.05, 3.63) is 47.8 Å². The van der Waals surface area contributed by atoms with Crippen LogP contribution in [0.4, 0.5) is 0 Å². The van der Waals surface area contributed by atoms with Gasteiger partial charge in [0.2, 0.25) is 5.91 Å². The zero-order valence-electron chi connectivity index (χ0n) is 17.5. The van der Waals surface area contributed by atoms with E-state index in [9.17, 15) is 9.59 Å². The van der Waals surface area contributed by atoms with Gasteiger partial charge in [0.05, 0.1) is 6.20 Å². The predicted octanol–water partition coefficient (Wildman–Crippen LogP) is 2.82. The predicted molar refractivity (Wildman–Crippen MR) is 114 cm³/mol. The minimum absolute atomic E-state index is 0.150. The number of carbonyl (C=O) groups is 2. The van der Waals surface area contributed by atoms with E-state index >= 15 is 0 Å². The Morgan fingerprint density at radius 3 is 2.73 bits per heavy atom. The number of amides is 2. The molecule has 160 valence electrons. The largest absolute Gasteiger partial charge is 0.350 e. The van der Waals surface area contributed by atoms with Crippen LogP contribution in [0.2, 0.25) is 0 Å². The first-order chi connectivity index (χ1) is 14.7. The van der Waals surface area contributed by atoms with Gasteiger partial charge in [-0.3, -0.25) is 14.3 Å². The number of aromatic nitrogens is 3. The molecule has 0 spiro atoms. The summed E-state index contributed by atoms with van der Waals surface area (Å²) in [7, 11) is 0. The van der Waals surface area contributed by atoms with Crippen molar-refractivity contribution in [1.82, 2.24) is 25.2 Å². The van der Waals surface area contributed by atoms with Crippen molar-refractivity contribution in [3.8, 4) is 0 Å². The fourth-order valence-corrected chi connectivity index (χ4v) is 4.11. The standard InChI is InChI=1S/C23H31N5O2/c29-22(12-11-18-6-2-1-3-7-18)28-14-5-4-8-20(28)13-15-27-17-21(25-26-27)23(30)24-16-19-9-10-19/h1-3,6-7,17,19-20H,4-5,8-16H2,(H,24,30). The van der Waals surface area contributed by atoms with E-state index in [0.29, 0.717) is 24.6 Å². The first-order valence-electron chi connectivity index (χ1n) is 11.2. The number of hydrogen-bond donors (Lipinski definition) is 1. The molecule has 2 aliphatic rings. The monoisotopic (exact) mass is 409 g/mol. The van der Waals surface area contributed by atoms with E-state index in [-0.39, 0.29) is 17.9 Å². The lowest BCUT2D eigenvalue weighted by molar-refractivity contribution is -0.135. The zero-order valence-corrected chi connectivity index (χ0v) is 17.5. The summed E-state index contributed by atoms with van der Waals surface area (Å²) in [5.41, 5.74) is 1.57. The molecule has 1 saturated heterocycles. The number of piperidine rings is 1. The van der Waals surface area contributed by atoms with Gasteiger partial charge in [0.25, 0.3) is 5.91 Å². The van der Waals surface area contributed by atoms with E-state index in [1.165, 1.54) is 18.4 Å². The Morgan fingerprint density at radius 1 is 1.10 bits per heavy atom. The average Bonchev–Trinajstić information content (AvgIpc) is 3.50. The van der Waals surface area contributed by atoms with Gasteiger partial charge >= 0.3 is 0 Å². The molecule has 4 rings (SSSR count). The van der Waals surface area contributed by atoms with Crippen molar-refractivity contribution < 1.29 is 9.59 Å². The van der Waals surface area contributed by atoms with Crippen molar-refractivity contribution in [1.29, 1.82) is 0 Å². The number of rotatable bonds is 9. The molecule has 7 nitrogen and oxygen atoms in total. The molecular weight excluding hydrogens is 378 g/mol. The highest BCUT2D eigenvalue weighted by Crippen LogP contribution is 2.27. The molecule has 1 unspecified atom stereocenters. The molecule has 0 radical (unpaired) electrons. The highest BCUT2D eigenvalue weighted by atomic mass is 16.2. The molecule has 1 aliphatic carbocycles. The summed E-state index contributed by atoms with van der Waals surface area (Å²) in [5.74, 6) is 0.728. The van der Waals surface area contributed by atoms with Crippen molar-refractivity contribution in [2.24, 2.45) is 5.92 Å². The SMILES string of the molecule is O=C(NCC1CC1)c1cn(CCC2CCCCN2C(=O)CCc2ccccc2)nn1. The molecule has 2 heterocycles. The molecule has 2 fully saturated rings. The molecule has 2 aromatic rings. The third kappa shape index (κ3) is 5.68. The molecule has 1 aromatic carbocycles. The van der Waals surface area contributed by atoms with Gasteiger partial charge in [-0.05, 0) is 56.4 Å². The van der Waals surface area contributed by atoms with Crippen molar-refractivity contribution >= 4 is 11.8 Å². The van der Waals surface area contributed by atoms with Crippen LogP contribution < -0.4 is 5.32 Å². The number of nitrogens with one attached hydrogen (secondary N) is 1. The van der Waals surface area contributed by atoms with Crippen molar-refractivity contribution in [2.75, 3.05) is 13.1 Å². The molecular formula is C23H31N5O2. The Hall–Kier alpha value is -2.70. The van der Waals surface area contributed by atoms with Crippen LogP contribution >= 0.6 is 0 Å². The smallest absolute Gasteiger partial charge is 0.273 e. The van der Waals surface area contributed by atoms with E-state index in [1.54, 1.807) is 10.9 Å². The van der Waals surface area contributed by atoms with Crippen LogP contribution in [-0.2, 0) is 17.8 Å². The summed E-state index contributed by atoms with van der Waals surface area (Å²) >= 11 is 0. The van der Waals surface area contributed by atoms with Crippen LogP contribution in [0.25, 0.3) is 0 Å². The fourth-order valence-electron chi connectivity index (χ4n) is 4.11. The third-order valence-corrected chi connectivity index (χ3v) is 6.13. The van der Waals surface area contributed by atoms with Gasteiger partial charge in [0.1, 0.15) is 0 Å². The van der Waals surface area contributed by atoms with E-state index in [4.69, 9.17) is 0 Å². The summed E-state index contributed by atoms with van der Waals surface area (Å²) < 4.78 is 1.73. The van der Waals surface area contributed by atoms with Crippen molar-refractivity contribution in [2.45, 2.75) is 64.0 Å². The first-order valence-corrected chi connectivity index (χ1v) is 11.2. The molecule has 1 saturated carbocycles. The highest BCUT2D eigenvalue weighted by Gasteiger charge is 2.26. The third-order valence-electron chi connectivity index (χ3n) is 6.13. The number of aryl methyl sites for hydroxylation is 2. The number of likely N-dealkylation sites (tertiary alicyclic amines) is 1. The summed E-state index contributed by atoms with van der Waals surface area (Å²) in [6.45, 7) is 2.23. The Balaban J connectivity index is 1.27. The van der Waals surface area contributed by atoms with Gasteiger partial charge in [-0.2, -0.15) is 0 Å². The maximum atomic E-state index is 12.9. The molecule has 0 bridgehead atoms.